The van der Waals surface area contributed by atoms with Crippen molar-refractivity contribution in [2.24, 2.45) is 17.3 Å². The number of carbonyl (C=O) groups is 2. The number of ketones is 1. The number of fused-ring (bicyclic) bond motifs is 1. The van der Waals surface area contributed by atoms with Crippen LogP contribution >= 0.6 is 0 Å². The highest BCUT2D eigenvalue weighted by molar-refractivity contribution is 5.93. The maximum Gasteiger partial charge on any atom is 0.302 e. The first-order chi connectivity index (χ1) is 9.87. The summed E-state index contributed by atoms with van der Waals surface area (Å²) in [6.07, 6.45) is 4.89. The van der Waals surface area contributed by atoms with Crippen molar-refractivity contribution in [3.8, 4) is 0 Å². The first-order valence-corrected chi connectivity index (χ1v) is 7.46. The number of hydrogen-bond acceptors (Lipinski definition) is 4. The number of Topliss-reactive ketones (excluding diaryl/α,β-unsaturated/α-hetero) is 1. The number of esters is 1. The van der Waals surface area contributed by atoms with Crippen molar-refractivity contribution in [3.05, 3.63) is 24.0 Å². The van der Waals surface area contributed by atoms with E-state index in [4.69, 9.17) is 9.47 Å². The third-order valence-corrected chi connectivity index (χ3v) is 4.89. The maximum absolute atomic E-state index is 12.3. The highest BCUT2D eigenvalue weighted by atomic mass is 16.5. The van der Waals surface area contributed by atoms with Gasteiger partial charge >= 0.3 is 5.97 Å². The molecule has 3 atom stereocenters. The zero-order valence-electron chi connectivity index (χ0n) is 13.1. The molecule has 0 spiro atoms. The standard InChI is InChI=1S/C17H24O4/c1-11-6-5-7-16(20-4)15(19)8-14-13(11)9-17(14,3)10-21-12(2)18/h7,13-14H,1,5-6,8-10H2,2-4H3. The SMILES string of the molecule is C=C1CCC=C(OC)C(=O)CC2C1CC2(C)COC(C)=O. The molecule has 1 fully saturated rings. The van der Waals surface area contributed by atoms with Gasteiger partial charge in [0.15, 0.2) is 11.5 Å². The van der Waals surface area contributed by atoms with Gasteiger partial charge in [-0.3, -0.25) is 9.59 Å². The Kier molecular flexibility index (Phi) is 4.55. The Hall–Kier alpha value is -1.58. The lowest BCUT2D eigenvalue weighted by Crippen LogP contribution is -2.50. The second-order valence-electron chi connectivity index (χ2n) is 6.45. The molecule has 4 heteroatoms. The molecule has 3 unspecified atom stereocenters. The molecule has 2 aliphatic carbocycles. The van der Waals surface area contributed by atoms with E-state index in [0.717, 1.165) is 19.3 Å². The fourth-order valence-electron chi connectivity index (χ4n) is 3.56. The van der Waals surface area contributed by atoms with Gasteiger partial charge in [-0.1, -0.05) is 19.1 Å². The Morgan fingerprint density at radius 2 is 2.24 bits per heavy atom. The van der Waals surface area contributed by atoms with Gasteiger partial charge < -0.3 is 9.47 Å². The summed E-state index contributed by atoms with van der Waals surface area (Å²) in [5.41, 5.74) is 1.06. The van der Waals surface area contributed by atoms with Gasteiger partial charge in [0, 0.05) is 18.8 Å². The number of methoxy groups -OCH3 is 1. The lowest BCUT2D eigenvalue weighted by molar-refractivity contribution is -0.153. The van der Waals surface area contributed by atoms with E-state index < -0.39 is 0 Å². The predicted molar refractivity (Wildman–Crippen MR) is 79.4 cm³/mol. The summed E-state index contributed by atoms with van der Waals surface area (Å²) >= 11 is 0. The molecular weight excluding hydrogens is 268 g/mol. The minimum absolute atomic E-state index is 0.0379. The zero-order chi connectivity index (χ0) is 15.6. The van der Waals surface area contributed by atoms with Crippen molar-refractivity contribution in [1.29, 1.82) is 0 Å². The van der Waals surface area contributed by atoms with E-state index in [9.17, 15) is 9.59 Å². The lowest BCUT2D eigenvalue weighted by atomic mass is 9.51. The second-order valence-corrected chi connectivity index (χ2v) is 6.45. The number of allylic oxidation sites excluding steroid dienone is 3. The first kappa shape index (κ1) is 15.8. The molecule has 1 saturated carbocycles. The molecule has 2 rings (SSSR count). The van der Waals surface area contributed by atoms with Crippen molar-refractivity contribution in [1.82, 2.24) is 0 Å². The van der Waals surface area contributed by atoms with Crippen molar-refractivity contribution in [2.45, 2.75) is 39.5 Å². The predicted octanol–water partition coefficient (Wildman–Crippen LogP) is 3.03. The highest BCUT2D eigenvalue weighted by Gasteiger charge is 2.52. The summed E-state index contributed by atoms with van der Waals surface area (Å²) < 4.78 is 10.4. The Balaban J connectivity index is 2.16. The van der Waals surface area contributed by atoms with Crippen LogP contribution in [0.2, 0.25) is 0 Å². The number of hydrogen-bond donors (Lipinski definition) is 0. The fourth-order valence-corrected chi connectivity index (χ4v) is 3.56. The monoisotopic (exact) mass is 292 g/mol. The largest absolute Gasteiger partial charge is 0.493 e. The Labute approximate surface area is 126 Å². The number of carbonyl (C=O) groups excluding carboxylic acids is 2. The van der Waals surface area contributed by atoms with E-state index in [0.29, 0.717) is 24.7 Å². The van der Waals surface area contributed by atoms with E-state index in [1.165, 1.54) is 19.6 Å². The fraction of sp³-hybridized carbons (Fsp3) is 0.647. The molecule has 0 aromatic heterocycles. The average Bonchev–Trinajstić information content (AvgIpc) is 2.47. The van der Waals surface area contributed by atoms with Crippen LogP contribution in [0.4, 0.5) is 0 Å². The summed E-state index contributed by atoms with van der Waals surface area (Å²) in [6.45, 7) is 8.06. The minimum Gasteiger partial charge on any atom is -0.493 e. The Morgan fingerprint density at radius 3 is 2.86 bits per heavy atom. The van der Waals surface area contributed by atoms with E-state index in [-0.39, 0.29) is 23.1 Å². The highest BCUT2D eigenvalue weighted by Crippen LogP contribution is 2.56. The number of ether oxygens (including phenoxy) is 2. The minimum atomic E-state index is -0.273. The molecule has 21 heavy (non-hydrogen) atoms. The summed E-state index contributed by atoms with van der Waals surface area (Å²) in [5, 5.41) is 0. The third kappa shape index (κ3) is 3.20. The van der Waals surface area contributed by atoms with Gasteiger partial charge in [0.1, 0.15) is 0 Å². The van der Waals surface area contributed by atoms with Crippen molar-refractivity contribution < 1.29 is 19.1 Å². The molecule has 0 aromatic rings. The third-order valence-electron chi connectivity index (χ3n) is 4.89. The number of rotatable bonds is 3. The van der Waals surface area contributed by atoms with Crippen molar-refractivity contribution in [2.75, 3.05) is 13.7 Å². The summed E-state index contributed by atoms with van der Waals surface area (Å²) in [4.78, 5) is 23.4. The van der Waals surface area contributed by atoms with Gasteiger partial charge in [0.25, 0.3) is 0 Å². The van der Waals surface area contributed by atoms with Crippen LogP contribution in [-0.4, -0.2) is 25.5 Å². The smallest absolute Gasteiger partial charge is 0.302 e. The van der Waals surface area contributed by atoms with E-state index in [1.54, 1.807) is 0 Å². The molecule has 0 saturated heterocycles. The quantitative estimate of drug-likeness (QED) is 0.592. The van der Waals surface area contributed by atoms with Crippen LogP contribution in [0.5, 0.6) is 0 Å². The molecular formula is C17H24O4. The van der Waals surface area contributed by atoms with Crippen LogP contribution in [-0.2, 0) is 19.1 Å². The van der Waals surface area contributed by atoms with Crippen LogP contribution in [0.15, 0.2) is 24.0 Å². The molecule has 0 aliphatic heterocycles. The molecule has 4 nitrogen and oxygen atoms in total. The molecule has 0 heterocycles. The van der Waals surface area contributed by atoms with Crippen LogP contribution in [0.1, 0.15) is 39.5 Å². The van der Waals surface area contributed by atoms with Crippen LogP contribution in [0.25, 0.3) is 0 Å². The normalized spacial score (nSPS) is 32.8. The van der Waals surface area contributed by atoms with Crippen LogP contribution in [0.3, 0.4) is 0 Å². The second kappa shape index (κ2) is 6.04. The summed E-state index contributed by atoms with van der Waals surface area (Å²) in [5.74, 6) is 0.735. The van der Waals surface area contributed by atoms with Gasteiger partial charge in [-0.05, 0) is 37.2 Å². The molecule has 0 bridgehead atoms. The summed E-state index contributed by atoms with van der Waals surface area (Å²) in [6, 6.07) is 0. The van der Waals surface area contributed by atoms with Gasteiger partial charge in [-0.2, -0.15) is 0 Å². The van der Waals surface area contributed by atoms with Gasteiger partial charge in [0.2, 0.25) is 0 Å². The molecule has 0 aromatic carbocycles. The van der Waals surface area contributed by atoms with Gasteiger partial charge in [-0.25, -0.2) is 0 Å². The van der Waals surface area contributed by atoms with Crippen LogP contribution in [0, 0.1) is 17.3 Å². The summed E-state index contributed by atoms with van der Waals surface area (Å²) in [7, 11) is 1.53. The Bertz CT molecular complexity index is 491. The zero-order valence-corrected chi connectivity index (χ0v) is 13.1. The van der Waals surface area contributed by atoms with E-state index in [2.05, 4.69) is 13.5 Å². The van der Waals surface area contributed by atoms with Gasteiger partial charge in [-0.15, -0.1) is 0 Å². The molecule has 0 radical (unpaired) electrons. The van der Waals surface area contributed by atoms with E-state index in [1.807, 2.05) is 6.08 Å². The Morgan fingerprint density at radius 1 is 1.52 bits per heavy atom. The average molecular weight is 292 g/mol. The van der Waals surface area contributed by atoms with Gasteiger partial charge in [0.05, 0.1) is 13.7 Å². The molecule has 2 aliphatic rings. The van der Waals surface area contributed by atoms with Crippen LogP contribution < -0.4 is 0 Å². The van der Waals surface area contributed by atoms with Crippen molar-refractivity contribution in [3.63, 3.8) is 0 Å². The van der Waals surface area contributed by atoms with Crippen molar-refractivity contribution >= 4 is 11.8 Å². The molecule has 116 valence electrons. The molecule has 0 amide bonds. The van der Waals surface area contributed by atoms with E-state index >= 15 is 0 Å². The lowest BCUT2D eigenvalue weighted by Gasteiger charge is -2.53. The topological polar surface area (TPSA) is 52.6 Å². The maximum atomic E-state index is 12.3. The first-order valence-electron chi connectivity index (χ1n) is 7.46. The molecule has 0 N–H and O–H groups in total.